The molecule has 1 amide bonds. The van der Waals surface area contributed by atoms with Gasteiger partial charge in [0.25, 0.3) is 11.5 Å². The Morgan fingerprint density at radius 2 is 1.88 bits per heavy atom. The van der Waals surface area contributed by atoms with Gasteiger partial charge in [0, 0.05) is 15.5 Å². The molecule has 0 radical (unpaired) electrons. The minimum atomic E-state index is -0.348. The fourth-order valence-electron chi connectivity index (χ4n) is 4.33. The van der Waals surface area contributed by atoms with Crippen LogP contribution in [-0.2, 0) is 4.79 Å². The number of nitrogens with zero attached hydrogens (tertiary/aromatic N) is 3. The van der Waals surface area contributed by atoms with E-state index in [4.69, 9.17) is 25.7 Å². The molecular weight excluding hydrogens is 620 g/mol. The lowest BCUT2D eigenvalue weighted by Crippen LogP contribution is -2.20. The van der Waals surface area contributed by atoms with Gasteiger partial charge in [-0.1, -0.05) is 57.4 Å². The summed E-state index contributed by atoms with van der Waals surface area (Å²) in [7, 11) is 0. The molecule has 0 atom stereocenters. The lowest BCUT2D eigenvalue weighted by atomic mass is 10.2. The molecule has 2 aromatic heterocycles. The van der Waals surface area contributed by atoms with Crippen molar-refractivity contribution in [3.63, 3.8) is 0 Å². The van der Waals surface area contributed by atoms with Crippen LogP contribution in [0, 0.1) is 6.92 Å². The average Bonchev–Trinajstić information content (AvgIpc) is 3.40. The lowest BCUT2D eigenvalue weighted by molar-refractivity contribution is -0.118. The highest BCUT2D eigenvalue weighted by Crippen LogP contribution is 2.29. The molecule has 42 heavy (non-hydrogen) atoms. The van der Waals surface area contributed by atoms with Crippen molar-refractivity contribution in [2.24, 2.45) is 5.10 Å². The van der Waals surface area contributed by atoms with E-state index in [9.17, 15) is 9.59 Å². The Labute approximate surface area is 253 Å². The Hall–Kier alpha value is -4.73. The van der Waals surface area contributed by atoms with E-state index in [1.54, 1.807) is 36.4 Å². The molecule has 0 spiro atoms. The first kappa shape index (κ1) is 27.4. The van der Waals surface area contributed by atoms with Crippen molar-refractivity contribution in [1.29, 1.82) is 0 Å². The topological polar surface area (TPSA) is 98.7 Å². The van der Waals surface area contributed by atoms with E-state index in [2.05, 4.69) is 26.3 Å². The first-order valence-corrected chi connectivity index (χ1v) is 14.1. The first-order chi connectivity index (χ1) is 20.3. The van der Waals surface area contributed by atoms with Crippen LogP contribution < -0.4 is 15.6 Å². The Morgan fingerprint density at radius 3 is 2.69 bits per heavy atom. The highest BCUT2D eigenvalue weighted by molar-refractivity contribution is 9.10. The SMILES string of the molecule is Cc1ccc(NC(=O)COc2ccc(C=Nn3c(-c4cc5cc(Br)ccc5o4)nc4ccccc4c3=O)cc2Cl)cc1. The molecule has 0 bridgehead atoms. The van der Waals surface area contributed by atoms with Crippen LogP contribution >= 0.6 is 27.5 Å². The van der Waals surface area contributed by atoms with Gasteiger partial charge in [-0.2, -0.15) is 9.78 Å². The molecule has 0 aliphatic heterocycles. The zero-order valence-corrected chi connectivity index (χ0v) is 24.5. The van der Waals surface area contributed by atoms with Crippen molar-refractivity contribution < 1.29 is 13.9 Å². The van der Waals surface area contributed by atoms with Gasteiger partial charge in [0.1, 0.15) is 11.3 Å². The third-order valence-electron chi connectivity index (χ3n) is 6.42. The summed E-state index contributed by atoms with van der Waals surface area (Å²) in [6, 6.07) is 27.0. The maximum absolute atomic E-state index is 13.5. The van der Waals surface area contributed by atoms with Crippen molar-refractivity contribution in [3.8, 4) is 17.3 Å². The van der Waals surface area contributed by atoms with E-state index in [1.807, 2.05) is 61.5 Å². The third-order valence-corrected chi connectivity index (χ3v) is 7.21. The zero-order valence-electron chi connectivity index (χ0n) is 22.2. The van der Waals surface area contributed by atoms with Gasteiger partial charge in [-0.3, -0.25) is 9.59 Å². The number of aryl methyl sites for hydroxylation is 1. The predicted octanol–water partition coefficient (Wildman–Crippen LogP) is 7.43. The highest BCUT2D eigenvalue weighted by Gasteiger charge is 2.17. The molecule has 0 aliphatic carbocycles. The van der Waals surface area contributed by atoms with Crippen LogP contribution in [0.25, 0.3) is 33.5 Å². The van der Waals surface area contributed by atoms with Gasteiger partial charge in [-0.05, 0) is 79.2 Å². The maximum Gasteiger partial charge on any atom is 0.282 e. The fraction of sp³-hybridized carbons (Fsp3) is 0.0625. The summed E-state index contributed by atoms with van der Waals surface area (Å²) in [6.07, 6.45) is 1.50. The van der Waals surface area contributed by atoms with Crippen molar-refractivity contribution in [3.05, 3.63) is 122 Å². The number of ether oxygens (including phenoxy) is 1. The number of furan rings is 1. The van der Waals surface area contributed by atoms with Crippen LogP contribution in [0.15, 0.2) is 110 Å². The summed E-state index contributed by atoms with van der Waals surface area (Å²) in [5.74, 6) is 0.683. The Morgan fingerprint density at radius 1 is 1.07 bits per heavy atom. The lowest BCUT2D eigenvalue weighted by Gasteiger charge is -2.10. The maximum atomic E-state index is 13.5. The molecule has 1 N–H and O–H groups in total. The number of carbonyl (C=O) groups excluding carboxylic acids is 1. The molecule has 0 aliphatic rings. The molecule has 6 aromatic rings. The molecule has 8 nitrogen and oxygen atoms in total. The van der Waals surface area contributed by atoms with Crippen molar-refractivity contribution in [2.45, 2.75) is 6.92 Å². The molecule has 0 fully saturated rings. The van der Waals surface area contributed by atoms with Crippen LogP contribution in [-0.4, -0.2) is 28.4 Å². The number of halogens is 2. The van der Waals surface area contributed by atoms with E-state index in [0.717, 1.165) is 15.4 Å². The predicted molar refractivity (Wildman–Crippen MR) is 169 cm³/mol. The second-order valence-electron chi connectivity index (χ2n) is 9.50. The Bertz CT molecular complexity index is 2050. The third kappa shape index (κ3) is 5.83. The summed E-state index contributed by atoms with van der Waals surface area (Å²) in [5, 5.41) is 8.81. The molecule has 4 aromatic carbocycles. The van der Waals surface area contributed by atoms with Crippen LogP contribution in [0.2, 0.25) is 5.02 Å². The standard InChI is InChI=1S/C32H22BrClN4O4/c1-19-6-10-23(11-7-19)36-30(39)18-41-28-12-8-20(14-25(28)34)17-35-38-31(37-26-5-3-2-4-24(26)32(38)40)29-16-21-15-22(33)9-13-27(21)42-29/h2-17H,18H2,1H3,(H,36,39). The summed E-state index contributed by atoms with van der Waals surface area (Å²) in [4.78, 5) is 30.5. The van der Waals surface area contributed by atoms with Crippen LogP contribution in [0.4, 0.5) is 5.69 Å². The van der Waals surface area contributed by atoms with Gasteiger partial charge < -0.3 is 14.5 Å². The smallest absolute Gasteiger partial charge is 0.282 e. The van der Waals surface area contributed by atoms with E-state index >= 15 is 0 Å². The summed E-state index contributed by atoms with van der Waals surface area (Å²) < 4.78 is 13.8. The minimum absolute atomic E-state index is 0.212. The van der Waals surface area contributed by atoms with Crippen molar-refractivity contribution in [2.75, 3.05) is 11.9 Å². The quantitative estimate of drug-likeness (QED) is 0.183. The molecule has 0 saturated heterocycles. The van der Waals surface area contributed by atoms with Gasteiger partial charge in [0.15, 0.2) is 12.4 Å². The monoisotopic (exact) mass is 640 g/mol. The summed E-state index contributed by atoms with van der Waals surface area (Å²) in [6.45, 7) is 1.76. The Kier molecular flexibility index (Phi) is 7.60. The fourth-order valence-corrected chi connectivity index (χ4v) is 4.95. The highest BCUT2D eigenvalue weighted by atomic mass is 79.9. The number of rotatable bonds is 7. The van der Waals surface area contributed by atoms with Gasteiger partial charge in [0.05, 0.1) is 22.1 Å². The number of hydrogen-bond donors (Lipinski definition) is 1. The number of amides is 1. The van der Waals surface area contributed by atoms with Gasteiger partial charge in [0.2, 0.25) is 5.82 Å². The summed E-state index contributed by atoms with van der Waals surface area (Å²) in [5.41, 5.74) is 3.22. The second kappa shape index (κ2) is 11.6. The second-order valence-corrected chi connectivity index (χ2v) is 10.8. The number of fused-ring (bicyclic) bond motifs is 2. The molecule has 208 valence electrons. The molecular formula is C32H22BrClN4O4. The van der Waals surface area contributed by atoms with E-state index < -0.39 is 0 Å². The first-order valence-electron chi connectivity index (χ1n) is 12.9. The average molecular weight is 642 g/mol. The largest absolute Gasteiger partial charge is 0.482 e. The van der Waals surface area contributed by atoms with Gasteiger partial charge >= 0.3 is 0 Å². The van der Waals surface area contributed by atoms with E-state index in [-0.39, 0.29) is 28.9 Å². The number of anilines is 1. The van der Waals surface area contributed by atoms with Crippen LogP contribution in [0.3, 0.4) is 0 Å². The van der Waals surface area contributed by atoms with Gasteiger partial charge in [-0.15, -0.1) is 0 Å². The molecule has 6 rings (SSSR count). The van der Waals surface area contributed by atoms with Gasteiger partial charge in [-0.25, -0.2) is 4.98 Å². The summed E-state index contributed by atoms with van der Waals surface area (Å²) >= 11 is 9.92. The van der Waals surface area contributed by atoms with Crippen LogP contribution in [0.1, 0.15) is 11.1 Å². The minimum Gasteiger partial charge on any atom is -0.482 e. The molecule has 0 saturated carbocycles. The Balaban J connectivity index is 1.26. The van der Waals surface area contributed by atoms with E-state index in [1.165, 1.54) is 10.9 Å². The van der Waals surface area contributed by atoms with Crippen LogP contribution in [0.5, 0.6) is 5.75 Å². The number of hydrogen-bond acceptors (Lipinski definition) is 6. The number of nitrogens with one attached hydrogen (secondary N) is 1. The molecule has 0 unspecified atom stereocenters. The zero-order chi connectivity index (χ0) is 29.2. The van der Waals surface area contributed by atoms with Crippen molar-refractivity contribution in [1.82, 2.24) is 9.66 Å². The van der Waals surface area contributed by atoms with Crippen molar-refractivity contribution >= 4 is 67.2 Å². The number of aromatic nitrogens is 2. The molecule has 2 heterocycles. The normalized spacial score (nSPS) is 11.4. The number of benzene rings is 4. The van der Waals surface area contributed by atoms with E-state index in [0.29, 0.717) is 39.2 Å². The number of para-hydroxylation sites is 1. The number of carbonyl (C=O) groups is 1. The molecule has 10 heteroatoms.